The second-order valence-electron chi connectivity index (χ2n) is 6.59. The van der Waals surface area contributed by atoms with E-state index in [0.717, 1.165) is 12.0 Å². The number of carbonyl (C=O) groups is 2. The van der Waals surface area contributed by atoms with Crippen LogP contribution in [0, 0.1) is 6.92 Å². The Morgan fingerprint density at radius 1 is 1.20 bits per heavy atom. The lowest BCUT2D eigenvalue weighted by atomic mass is 10.0. The highest BCUT2D eigenvalue weighted by atomic mass is 16.3. The fourth-order valence-electron chi connectivity index (χ4n) is 2.12. The average molecular weight is 340 g/mol. The quantitative estimate of drug-likeness (QED) is 0.788. The van der Waals surface area contributed by atoms with Crippen LogP contribution in [0.25, 0.3) is 6.08 Å². The summed E-state index contributed by atoms with van der Waals surface area (Å²) in [6.45, 7) is 7.75. The van der Waals surface area contributed by atoms with Gasteiger partial charge in [0.05, 0.1) is 6.26 Å². The summed E-state index contributed by atoms with van der Waals surface area (Å²) in [4.78, 5) is 25.2. The van der Waals surface area contributed by atoms with Crippen LogP contribution in [-0.4, -0.2) is 17.4 Å². The van der Waals surface area contributed by atoms with Crippen molar-refractivity contribution in [2.75, 3.05) is 0 Å². The lowest BCUT2D eigenvalue weighted by Crippen LogP contribution is -2.46. The first-order valence-electron chi connectivity index (χ1n) is 8.26. The van der Waals surface area contributed by atoms with E-state index < -0.39 is 0 Å². The second kappa shape index (κ2) is 7.83. The summed E-state index contributed by atoms with van der Waals surface area (Å²) in [5, 5.41) is 5.62. The Labute approximate surface area is 148 Å². The third-order valence-corrected chi connectivity index (χ3v) is 3.94. The van der Waals surface area contributed by atoms with E-state index in [4.69, 9.17) is 4.42 Å². The summed E-state index contributed by atoms with van der Waals surface area (Å²) in [6, 6.07) is 10.6. The van der Waals surface area contributed by atoms with Gasteiger partial charge in [0.2, 0.25) is 0 Å². The summed E-state index contributed by atoms with van der Waals surface area (Å²) in [7, 11) is 0. The summed E-state index contributed by atoms with van der Waals surface area (Å²) in [5.74, 6) is -0.209. The molecule has 0 atom stereocenters. The van der Waals surface area contributed by atoms with Crippen molar-refractivity contribution < 1.29 is 14.0 Å². The van der Waals surface area contributed by atoms with E-state index in [0.29, 0.717) is 11.3 Å². The summed E-state index contributed by atoms with van der Waals surface area (Å²) in [6.07, 6.45) is 3.80. The molecule has 2 rings (SSSR count). The fraction of sp³-hybridized carbons (Fsp3) is 0.300. The molecule has 0 radical (unpaired) electrons. The molecule has 0 aliphatic heterocycles. The topological polar surface area (TPSA) is 71.3 Å². The molecule has 2 amide bonds. The number of amides is 2. The highest BCUT2D eigenvalue weighted by Crippen LogP contribution is 2.12. The van der Waals surface area contributed by atoms with Crippen molar-refractivity contribution in [1.82, 2.24) is 10.6 Å². The molecule has 5 heteroatoms. The minimum absolute atomic E-state index is 0.142. The third-order valence-electron chi connectivity index (χ3n) is 3.94. The predicted molar refractivity (Wildman–Crippen MR) is 97.8 cm³/mol. The zero-order chi connectivity index (χ0) is 18.4. The zero-order valence-electron chi connectivity index (χ0n) is 15.1. The largest absolute Gasteiger partial charge is 0.465 e. The number of hydrogen-bond acceptors (Lipinski definition) is 3. The molecule has 2 aromatic rings. The van der Waals surface area contributed by atoms with Crippen LogP contribution in [0.1, 0.15) is 48.9 Å². The summed E-state index contributed by atoms with van der Waals surface area (Å²) < 4.78 is 5.27. The molecule has 1 aromatic carbocycles. The first kappa shape index (κ1) is 18.5. The number of aryl methyl sites for hydroxylation is 1. The van der Waals surface area contributed by atoms with Gasteiger partial charge in [-0.05, 0) is 51.5 Å². The second-order valence-corrected chi connectivity index (χ2v) is 6.59. The van der Waals surface area contributed by atoms with Crippen molar-refractivity contribution in [1.29, 1.82) is 0 Å². The number of carbonyl (C=O) groups excluding carboxylic acids is 2. The first-order chi connectivity index (χ1) is 11.8. The summed E-state index contributed by atoms with van der Waals surface area (Å²) in [5.41, 5.74) is 1.23. The van der Waals surface area contributed by atoms with Crippen molar-refractivity contribution in [2.24, 2.45) is 0 Å². The van der Waals surface area contributed by atoms with Crippen LogP contribution in [0.15, 0.2) is 52.8 Å². The maximum absolute atomic E-state index is 12.6. The van der Waals surface area contributed by atoms with Crippen LogP contribution in [0.2, 0.25) is 0 Å². The van der Waals surface area contributed by atoms with Crippen molar-refractivity contribution in [3.05, 3.63) is 65.2 Å². The van der Waals surface area contributed by atoms with Gasteiger partial charge in [-0.25, -0.2) is 0 Å². The van der Waals surface area contributed by atoms with Gasteiger partial charge in [0.15, 0.2) is 0 Å². The highest BCUT2D eigenvalue weighted by molar-refractivity contribution is 6.05. The molecule has 132 valence electrons. The molecule has 25 heavy (non-hydrogen) atoms. The van der Waals surface area contributed by atoms with E-state index in [1.807, 2.05) is 33.8 Å². The molecule has 2 N–H and O–H groups in total. The molecule has 0 fully saturated rings. The van der Waals surface area contributed by atoms with E-state index in [1.54, 1.807) is 30.3 Å². The van der Waals surface area contributed by atoms with Gasteiger partial charge < -0.3 is 15.1 Å². The molecule has 0 saturated carbocycles. The summed E-state index contributed by atoms with van der Waals surface area (Å²) >= 11 is 0. The molecule has 0 unspecified atom stereocenters. The highest BCUT2D eigenvalue weighted by Gasteiger charge is 2.22. The van der Waals surface area contributed by atoms with Crippen LogP contribution >= 0.6 is 0 Å². The average Bonchev–Trinajstić information content (AvgIpc) is 3.07. The van der Waals surface area contributed by atoms with E-state index in [2.05, 4.69) is 10.6 Å². The number of benzene rings is 1. The number of furan rings is 1. The minimum Gasteiger partial charge on any atom is -0.465 e. The standard InChI is InChI=1S/C20H24N2O3/c1-5-20(3,4)22-19(24)17(13-16-10-7-11-25-16)21-18(23)15-9-6-8-14(2)12-15/h6-13H,5H2,1-4H3,(H,21,23)(H,22,24)/b17-13-. The molecule has 0 bridgehead atoms. The van der Waals surface area contributed by atoms with Crippen LogP contribution in [0.4, 0.5) is 0 Å². The smallest absolute Gasteiger partial charge is 0.268 e. The van der Waals surface area contributed by atoms with Gasteiger partial charge in [-0.1, -0.05) is 24.6 Å². The SMILES string of the molecule is CCC(C)(C)NC(=O)/C(=C/c1ccco1)NC(=O)c1cccc(C)c1. The maximum Gasteiger partial charge on any atom is 0.268 e. The van der Waals surface area contributed by atoms with Gasteiger partial charge in [0, 0.05) is 17.2 Å². The Balaban J connectivity index is 2.26. The van der Waals surface area contributed by atoms with E-state index >= 15 is 0 Å². The zero-order valence-corrected chi connectivity index (χ0v) is 15.1. The lowest BCUT2D eigenvalue weighted by Gasteiger charge is -2.25. The predicted octanol–water partition coefficient (Wildman–Crippen LogP) is 3.66. The molecule has 0 spiro atoms. The molecular formula is C20H24N2O3. The van der Waals surface area contributed by atoms with Crippen LogP contribution in [0.5, 0.6) is 0 Å². The maximum atomic E-state index is 12.6. The van der Waals surface area contributed by atoms with Gasteiger partial charge in [-0.3, -0.25) is 9.59 Å². The van der Waals surface area contributed by atoms with Gasteiger partial charge in [-0.15, -0.1) is 0 Å². The molecule has 1 aromatic heterocycles. The molecule has 0 aliphatic carbocycles. The number of nitrogens with one attached hydrogen (secondary N) is 2. The fourth-order valence-corrected chi connectivity index (χ4v) is 2.12. The molecule has 0 aliphatic rings. The molecule has 0 saturated heterocycles. The van der Waals surface area contributed by atoms with Crippen molar-refractivity contribution in [3.8, 4) is 0 Å². The Hall–Kier alpha value is -2.82. The Bertz CT molecular complexity index is 774. The van der Waals surface area contributed by atoms with Gasteiger partial charge >= 0.3 is 0 Å². The molecule has 5 nitrogen and oxygen atoms in total. The van der Waals surface area contributed by atoms with E-state index in [-0.39, 0.29) is 23.1 Å². The lowest BCUT2D eigenvalue weighted by molar-refractivity contribution is -0.119. The third kappa shape index (κ3) is 5.35. The monoisotopic (exact) mass is 340 g/mol. The normalized spacial score (nSPS) is 11.9. The van der Waals surface area contributed by atoms with Gasteiger partial charge in [0.25, 0.3) is 11.8 Å². The minimum atomic E-state index is -0.382. The van der Waals surface area contributed by atoms with Gasteiger partial charge in [-0.2, -0.15) is 0 Å². The van der Waals surface area contributed by atoms with Crippen molar-refractivity contribution in [3.63, 3.8) is 0 Å². The van der Waals surface area contributed by atoms with E-state index in [9.17, 15) is 9.59 Å². The van der Waals surface area contributed by atoms with Crippen molar-refractivity contribution in [2.45, 2.75) is 39.7 Å². The van der Waals surface area contributed by atoms with E-state index in [1.165, 1.54) is 12.3 Å². The number of hydrogen-bond donors (Lipinski definition) is 2. The Morgan fingerprint density at radius 2 is 1.96 bits per heavy atom. The van der Waals surface area contributed by atoms with Crippen LogP contribution in [0.3, 0.4) is 0 Å². The first-order valence-corrected chi connectivity index (χ1v) is 8.26. The molecule has 1 heterocycles. The van der Waals surface area contributed by atoms with Crippen LogP contribution < -0.4 is 10.6 Å². The van der Waals surface area contributed by atoms with Crippen LogP contribution in [-0.2, 0) is 4.79 Å². The van der Waals surface area contributed by atoms with Gasteiger partial charge in [0.1, 0.15) is 11.5 Å². The van der Waals surface area contributed by atoms with Crippen molar-refractivity contribution >= 4 is 17.9 Å². The Morgan fingerprint density at radius 3 is 2.56 bits per heavy atom. The molecular weight excluding hydrogens is 316 g/mol. The Kier molecular flexibility index (Phi) is 5.80. The number of rotatable bonds is 6.